The lowest BCUT2D eigenvalue weighted by molar-refractivity contribution is -0.0425. The van der Waals surface area contributed by atoms with Crippen LogP contribution in [0.5, 0.6) is 5.75 Å². The highest BCUT2D eigenvalue weighted by atomic mass is 35.5. The smallest absolute Gasteiger partial charge is 0.318 e. The quantitative estimate of drug-likeness (QED) is 0.726. The zero-order chi connectivity index (χ0) is 12.0. The Bertz CT molecular complexity index is 437. The second kappa shape index (κ2) is 3.42. The first-order valence-electron chi connectivity index (χ1n) is 4.52. The molecule has 0 heterocycles. The van der Waals surface area contributed by atoms with Gasteiger partial charge in [0.15, 0.2) is 0 Å². The van der Waals surface area contributed by atoms with E-state index in [9.17, 15) is 13.2 Å². The summed E-state index contributed by atoms with van der Waals surface area (Å²) in [5, 5.41) is -3.11. The Balaban J connectivity index is 2.34. The average Bonchev–Trinajstić information content (AvgIpc) is 2.26. The lowest BCUT2D eigenvalue weighted by Crippen LogP contribution is -2.47. The van der Waals surface area contributed by atoms with Crippen LogP contribution in [0.3, 0.4) is 0 Å². The van der Waals surface area contributed by atoms with Gasteiger partial charge >= 0.3 is 5.92 Å². The van der Waals surface area contributed by atoms with Crippen LogP contribution in [0.15, 0.2) is 30.3 Å². The molecule has 5 heteroatoms. The van der Waals surface area contributed by atoms with Crippen molar-refractivity contribution in [3.05, 3.63) is 35.9 Å². The predicted molar refractivity (Wildman–Crippen MR) is 55.6 cm³/mol. The molecule has 0 fully saturated rings. The molecular weight excluding hydrogens is 241 g/mol. The molecule has 1 unspecified atom stereocenters. The van der Waals surface area contributed by atoms with Gasteiger partial charge in [-0.05, 0) is 23.8 Å². The number of alkyl halides is 4. The molecule has 16 heavy (non-hydrogen) atoms. The van der Waals surface area contributed by atoms with E-state index in [4.69, 9.17) is 16.3 Å². The van der Waals surface area contributed by atoms with E-state index in [0.29, 0.717) is 17.4 Å². The van der Waals surface area contributed by atoms with Gasteiger partial charge < -0.3 is 4.74 Å². The van der Waals surface area contributed by atoms with Crippen LogP contribution in [-0.2, 0) is 0 Å². The maximum absolute atomic E-state index is 13.4. The molecule has 0 saturated heterocycles. The van der Waals surface area contributed by atoms with Gasteiger partial charge in [0, 0.05) is 5.57 Å². The normalized spacial score (nSPS) is 26.9. The molecule has 86 valence electrons. The Kier molecular flexibility index (Phi) is 2.42. The first-order chi connectivity index (χ1) is 7.38. The highest BCUT2D eigenvalue weighted by molar-refractivity contribution is 6.32. The molecule has 0 radical (unpaired) electrons. The van der Waals surface area contributed by atoms with Gasteiger partial charge in [0.25, 0.3) is 5.13 Å². The Morgan fingerprint density at radius 1 is 1.12 bits per heavy atom. The van der Waals surface area contributed by atoms with Crippen LogP contribution < -0.4 is 4.74 Å². The highest BCUT2D eigenvalue weighted by Crippen LogP contribution is 2.55. The third-order valence-electron chi connectivity index (χ3n) is 2.48. The van der Waals surface area contributed by atoms with Crippen LogP contribution in [0.2, 0.25) is 0 Å². The lowest BCUT2D eigenvalue weighted by Gasteiger charge is -2.37. The summed E-state index contributed by atoms with van der Waals surface area (Å²) < 4.78 is 43.9. The second-order valence-electron chi connectivity index (χ2n) is 3.48. The number of rotatable bonds is 2. The van der Waals surface area contributed by atoms with Crippen molar-refractivity contribution in [2.45, 2.75) is 11.1 Å². The molecule has 1 aliphatic carbocycles. The molecule has 0 amide bonds. The van der Waals surface area contributed by atoms with E-state index in [1.807, 2.05) is 0 Å². The molecule has 1 aliphatic rings. The summed E-state index contributed by atoms with van der Waals surface area (Å²) in [6, 6.07) is 6.08. The van der Waals surface area contributed by atoms with Crippen LogP contribution in [0.25, 0.3) is 5.57 Å². The van der Waals surface area contributed by atoms with Gasteiger partial charge in [-0.3, -0.25) is 0 Å². The molecule has 1 atom stereocenters. The number of hydrogen-bond donors (Lipinski definition) is 0. The summed E-state index contributed by atoms with van der Waals surface area (Å²) in [7, 11) is 1.48. The Morgan fingerprint density at radius 2 is 1.69 bits per heavy atom. The molecular formula is C11H8ClF3O. The summed E-state index contributed by atoms with van der Waals surface area (Å²) in [6.07, 6.45) is 0.530. The first-order valence-corrected chi connectivity index (χ1v) is 4.89. The summed E-state index contributed by atoms with van der Waals surface area (Å²) >= 11 is 5.15. The molecule has 0 aromatic heterocycles. The van der Waals surface area contributed by atoms with E-state index < -0.39 is 11.1 Å². The van der Waals surface area contributed by atoms with Gasteiger partial charge in [-0.1, -0.05) is 23.7 Å². The van der Waals surface area contributed by atoms with Gasteiger partial charge in [-0.2, -0.15) is 8.78 Å². The van der Waals surface area contributed by atoms with Gasteiger partial charge in [0.1, 0.15) is 5.75 Å². The third-order valence-corrected chi connectivity index (χ3v) is 2.94. The van der Waals surface area contributed by atoms with Gasteiger partial charge in [0.2, 0.25) is 0 Å². The maximum atomic E-state index is 13.4. The number of halogens is 4. The van der Waals surface area contributed by atoms with E-state index in [1.165, 1.54) is 19.2 Å². The number of allylic oxidation sites excluding steroid dienone is 2. The van der Waals surface area contributed by atoms with Crippen LogP contribution in [0.1, 0.15) is 5.56 Å². The van der Waals surface area contributed by atoms with Crippen LogP contribution in [0.4, 0.5) is 13.2 Å². The summed E-state index contributed by atoms with van der Waals surface area (Å²) in [5.74, 6) is -3.04. The first kappa shape index (κ1) is 11.3. The van der Waals surface area contributed by atoms with E-state index in [-0.39, 0.29) is 5.57 Å². The fourth-order valence-corrected chi connectivity index (χ4v) is 1.72. The number of hydrogen-bond acceptors (Lipinski definition) is 1. The summed E-state index contributed by atoms with van der Waals surface area (Å²) in [6.45, 7) is 0. The fraction of sp³-hybridized carbons (Fsp3) is 0.273. The zero-order valence-corrected chi connectivity index (χ0v) is 9.06. The standard InChI is InChI=1S/C11H8ClF3O/c1-16-8-4-2-7(3-5-8)9-6-10(13,14)11(9,12)15/h2-6H,1H3. The van der Waals surface area contributed by atoms with Crippen molar-refractivity contribution in [1.82, 2.24) is 0 Å². The number of ether oxygens (including phenoxy) is 1. The zero-order valence-electron chi connectivity index (χ0n) is 8.31. The Labute approximate surface area is 95.5 Å². The fourth-order valence-electron chi connectivity index (χ4n) is 1.50. The van der Waals surface area contributed by atoms with E-state index in [2.05, 4.69) is 0 Å². The number of methoxy groups -OCH3 is 1. The lowest BCUT2D eigenvalue weighted by atomic mass is 9.86. The predicted octanol–water partition coefficient (Wildman–Crippen LogP) is 3.63. The Morgan fingerprint density at radius 3 is 2.06 bits per heavy atom. The Hall–Kier alpha value is -1.16. The highest BCUT2D eigenvalue weighted by Gasteiger charge is 2.63. The summed E-state index contributed by atoms with van der Waals surface area (Å²) in [4.78, 5) is 0. The molecule has 0 N–H and O–H groups in total. The third kappa shape index (κ3) is 1.48. The molecule has 1 nitrogen and oxygen atoms in total. The molecule has 1 aromatic rings. The molecule has 1 aromatic carbocycles. The van der Waals surface area contributed by atoms with E-state index in [1.54, 1.807) is 12.1 Å². The van der Waals surface area contributed by atoms with E-state index >= 15 is 0 Å². The van der Waals surface area contributed by atoms with Crippen molar-refractivity contribution >= 4 is 17.2 Å². The van der Waals surface area contributed by atoms with Crippen molar-refractivity contribution in [2.24, 2.45) is 0 Å². The minimum Gasteiger partial charge on any atom is -0.497 e. The monoisotopic (exact) mass is 248 g/mol. The topological polar surface area (TPSA) is 9.23 Å². The largest absolute Gasteiger partial charge is 0.497 e. The SMILES string of the molecule is COc1ccc(C2=CC(F)(F)C2(F)Cl)cc1. The van der Waals surface area contributed by atoms with Crippen molar-refractivity contribution in [3.8, 4) is 5.75 Å². The summed E-state index contributed by atoms with van der Waals surface area (Å²) in [5.41, 5.74) is 0.117. The van der Waals surface area contributed by atoms with Crippen molar-refractivity contribution in [3.63, 3.8) is 0 Å². The molecule has 2 rings (SSSR count). The average molecular weight is 249 g/mol. The van der Waals surface area contributed by atoms with Gasteiger partial charge in [-0.25, -0.2) is 4.39 Å². The second-order valence-corrected chi connectivity index (χ2v) is 4.00. The van der Waals surface area contributed by atoms with Crippen molar-refractivity contribution in [2.75, 3.05) is 7.11 Å². The molecule has 0 bridgehead atoms. The van der Waals surface area contributed by atoms with Crippen molar-refractivity contribution in [1.29, 1.82) is 0 Å². The van der Waals surface area contributed by atoms with Gasteiger partial charge in [-0.15, -0.1) is 0 Å². The van der Waals surface area contributed by atoms with Gasteiger partial charge in [0.05, 0.1) is 7.11 Å². The number of benzene rings is 1. The maximum Gasteiger partial charge on any atom is 0.318 e. The molecule has 0 saturated carbocycles. The van der Waals surface area contributed by atoms with Crippen molar-refractivity contribution < 1.29 is 17.9 Å². The minimum absolute atomic E-state index is 0.207. The van der Waals surface area contributed by atoms with E-state index in [0.717, 1.165) is 0 Å². The molecule has 0 aliphatic heterocycles. The molecule has 0 spiro atoms. The van der Waals surface area contributed by atoms with Crippen LogP contribution in [0, 0.1) is 0 Å². The minimum atomic E-state index is -3.61. The van der Waals surface area contributed by atoms with Crippen LogP contribution in [-0.4, -0.2) is 18.2 Å². The van der Waals surface area contributed by atoms with Crippen LogP contribution >= 0.6 is 11.6 Å².